The maximum Gasteiger partial charge on any atom is 0.338 e. The number of hydrogen-bond acceptors (Lipinski definition) is 5. The number of carbonyl (C=O) groups is 2. The second-order valence-corrected chi connectivity index (χ2v) is 7.97. The fourth-order valence-corrected chi connectivity index (χ4v) is 4.51. The van der Waals surface area contributed by atoms with Gasteiger partial charge in [0, 0.05) is 12.3 Å². The highest BCUT2D eigenvalue weighted by Gasteiger charge is 2.53. The molecule has 1 aliphatic carbocycles. The number of esters is 2. The Balaban J connectivity index is 1.42. The summed E-state index contributed by atoms with van der Waals surface area (Å²) in [5.74, 6) is -1.05. The lowest BCUT2D eigenvalue weighted by atomic mass is 9.89. The van der Waals surface area contributed by atoms with Crippen LogP contribution in [0.5, 0.6) is 0 Å². The first-order valence-corrected chi connectivity index (χ1v) is 10.5. The van der Waals surface area contributed by atoms with Crippen molar-refractivity contribution in [1.29, 1.82) is 0 Å². The Morgan fingerprint density at radius 2 is 1.80 bits per heavy atom. The minimum atomic E-state index is -0.508. The third kappa shape index (κ3) is 4.56. The van der Waals surface area contributed by atoms with Gasteiger partial charge >= 0.3 is 11.9 Å². The Morgan fingerprint density at radius 3 is 2.53 bits per heavy atom. The Bertz CT molecular complexity index is 906. The second kappa shape index (κ2) is 9.16. The molecule has 1 saturated heterocycles. The van der Waals surface area contributed by atoms with Crippen molar-refractivity contribution in [1.82, 2.24) is 0 Å². The summed E-state index contributed by atoms with van der Waals surface area (Å²) in [5, 5.41) is 10.8. The van der Waals surface area contributed by atoms with Gasteiger partial charge in [0.25, 0.3) is 0 Å². The summed E-state index contributed by atoms with van der Waals surface area (Å²) in [7, 11) is 0. The molecule has 0 amide bonds. The first-order valence-electron chi connectivity index (χ1n) is 10.5. The Kier molecular flexibility index (Phi) is 6.17. The van der Waals surface area contributed by atoms with Crippen LogP contribution >= 0.6 is 0 Å². The lowest BCUT2D eigenvalue weighted by molar-refractivity contribution is -0.141. The van der Waals surface area contributed by atoms with Gasteiger partial charge in [-0.1, -0.05) is 48.5 Å². The van der Waals surface area contributed by atoms with Gasteiger partial charge < -0.3 is 14.6 Å². The number of carbonyl (C=O) groups excluding carboxylic acids is 2. The molecule has 0 bridgehead atoms. The van der Waals surface area contributed by atoms with Crippen LogP contribution in [0.2, 0.25) is 0 Å². The predicted molar refractivity (Wildman–Crippen MR) is 112 cm³/mol. The van der Waals surface area contributed by atoms with E-state index in [1.54, 1.807) is 24.3 Å². The number of ether oxygens (including phenoxy) is 2. The quantitative estimate of drug-likeness (QED) is 0.412. The van der Waals surface area contributed by atoms with E-state index in [9.17, 15) is 14.7 Å². The summed E-state index contributed by atoms with van der Waals surface area (Å²) in [6.07, 6.45) is 4.19. The van der Waals surface area contributed by atoms with Gasteiger partial charge in [-0.3, -0.25) is 4.79 Å². The number of benzene rings is 2. The highest BCUT2D eigenvalue weighted by molar-refractivity contribution is 5.89. The Morgan fingerprint density at radius 1 is 1.10 bits per heavy atom. The first-order chi connectivity index (χ1) is 14.6. The standard InChI is InChI=1S/C25H26O5/c26-20(14-8-7-11-17-9-3-1-4-10-17)24-19-15-23(27)29-21(19)16-22(24)30-25(28)18-12-5-2-6-13-18/h1-6,9-10,12-14,19,21-22,24,26H,7-8,11,15-16H2/t19-,21-,22+,24-/m0/s1. The topological polar surface area (TPSA) is 72.8 Å². The van der Waals surface area contributed by atoms with Gasteiger partial charge in [0.15, 0.2) is 0 Å². The normalized spacial score (nSPS) is 25.6. The molecule has 0 unspecified atom stereocenters. The molecule has 0 radical (unpaired) electrons. The zero-order valence-corrected chi connectivity index (χ0v) is 16.8. The number of fused-ring (bicyclic) bond motifs is 1. The minimum Gasteiger partial charge on any atom is -0.512 e. The molecule has 2 aromatic rings. The fourth-order valence-electron chi connectivity index (χ4n) is 4.51. The van der Waals surface area contributed by atoms with E-state index in [-0.39, 0.29) is 30.2 Å². The van der Waals surface area contributed by atoms with Gasteiger partial charge in [-0.2, -0.15) is 0 Å². The monoisotopic (exact) mass is 406 g/mol. The molecule has 5 heteroatoms. The van der Waals surface area contributed by atoms with Crippen molar-refractivity contribution in [3.63, 3.8) is 0 Å². The molecule has 2 fully saturated rings. The van der Waals surface area contributed by atoms with Crippen LogP contribution in [0.3, 0.4) is 0 Å². The SMILES string of the molecule is O=C1C[C@@H]2[C@@H](C(O)=CCCCc3ccccc3)[C@H](OC(=O)c3ccccc3)C[C@@H]2O1. The van der Waals surface area contributed by atoms with E-state index < -0.39 is 18.0 Å². The van der Waals surface area contributed by atoms with Crippen molar-refractivity contribution >= 4 is 11.9 Å². The molecular formula is C25H26O5. The summed E-state index contributed by atoms with van der Waals surface area (Å²) >= 11 is 0. The van der Waals surface area contributed by atoms with E-state index in [0.717, 1.165) is 12.8 Å². The highest BCUT2D eigenvalue weighted by atomic mass is 16.6. The van der Waals surface area contributed by atoms with Crippen molar-refractivity contribution in [2.24, 2.45) is 11.8 Å². The van der Waals surface area contributed by atoms with E-state index in [1.165, 1.54) is 5.56 Å². The van der Waals surface area contributed by atoms with Gasteiger partial charge in [0.05, 0.1) is 23.7 Å². The molecule has 4 rings (SSSR count). The van der Waals surface area contributed by atoms with Crippen molar-refractivity contribution in [3.05, 3.63) is 83.6 Å². The van der Waals surface area contributed by atoms with Gasteiger partial charge in [0.2, 0.25) is 0 Å². The summed E-state index contributed by atoms with van der Waals surface area (Å²) < 4.78 is 11.1. The van der Waals surface area contributed by atoms with Crippen molar-refractivity contribution in [3.8, 4) is 0 Å². The maximum absolute atomic E-state index is 12.5. The lowest BCUT2D eigenvalue weighted by Gasteiger charge is -2.22. The fraction of sp³-hybridized carbons (Fsp3) is 0.360. The molecule has 1 aliphatic heterocycles. The zero-order valence-electron chi connectivity index (χ0n) is 16.8. The van der Waals surface area contributed by atoms with Crippen molar-refractivity contribution in [2.45, 2.75) is 44.3 Å². The summed E-state index contributed by atoms with van der Waals surface area (Å²) in [6, 6.07) is 19.0. The number of rotatable bonds is 7. The zero-order chi connectivity index (χ0) is 20.9. The molecule has 1 saturated carbocycles. The van der Waals surface area contributed by atoms with Crippen LogP contribution in [0.1, 0.15) is 41.6 Å². The second-order valence-electron chi connectivity index (χ2n) is 7.97. The molecule has 4 atom stereocenters. The molecule has 0 spiro atoms. The van der Waals surface area contributed by atoms with Crippen LogP contribution in [0.4, 0.5) is 0 Å². The smallest absolute Gasteiger partial charge is 0.338 e. The van der Waals surface area contributed by atoms with Gasteiger partial charge in [0.1, 0.15) is 12.2 Å². The Labute approximate surface area is 176 Å². The summed E-state index contributed by atoms with van der Waals surface area (Å²) in [6.45, 7) is 0. The molecule has 2 aromatic carbocycles. The lowest BCUT2D eigenvalue weighted by Crippen LogP contribution is -2.27. The molecule has 2 aliphatic rings. The van der Waals surface area contributed by atoms with Crippen LogP contribution < -0.4 is 0 Å². The van der Waals surface area contributed by atoms with Crippen LogP contribution in [-0.4, -0.2) is 29.3 Å². The predicted octanol–water partition coefficient (Wildman–Crippen LogP) is 4.63. The van der Waals surface area contributed by atoms with Crippen LogP contribution in [-0.2, 0) is 20.7 Å². The molecule has 156 valence electrons. The third-order valence-corrected chi connectivity index (χ3v) is 5.96. The molecular weight excluding hydrogens is 380 g/mol. The average molecular weight is 406 g/mol. The number of aliphatic hydroxyl groups is 1. The van der Waals surface area contributed by atoms with Crippen molar-refractivity contribution < 1.29 is 24.2 Å². The highest BCUT2D eigenvalue weighted by Crippen LogP contribution is 2.45. The number of unbranched alkanes of at least 4 members (excludes halogenated alkanes) is 1. The third-order valence-electron chi connectivity index (χ3n) is 5.96. The van der Waals surface area contributed by atoms with Crippen LogP contribution in [0, 0.1) is 11.8 Å². The number of allylic oxidation sites excluding steroid dienone is 1. The van der Waals surface area contributed by atoms with E-state index in [4.69, 9.17) is 9.47 Å². The first kappa shape index (κ1) is 20.2. The van der Waals surface area contributed by atoms with Crippen LogP contribution in [0.25, 0.3) is 0 Å². The Hall–Kier alpha value is -3.08. The average Bonchev–Trinajstić information content (AvgIpc) is 3.27. The van der Waals surface area contributed by atoms with Crippen LogP contribution in [0.15, 0.2) is 72.5 Å². The van der Waals surface area contributed by atoms with Gasteiger partial charge in [-0.25, -0.2) is 4.79 Å². The van der Waals surface area contributed by atoms with Gasteiger partial charge in [-0.05, 0) is 43.0 Å². The van der Waals surface area contributed by atoms with E-state index in [0.29, 0.717) is 18.4 Å². The van der Waals surface area contributed by atoms with Gasteiger partial charge in [-0.15, -0.1) is 0 Å². The van der Waals surface area contributed by atoms with Crippen molar-refractivity contribution in [2.75, 3.05) is 0 Å². The largest absolute Gasteiger partial charge is 0.512 e. The summed E-state index contributed by atoms with van der Waals surface area (Å²) in [4.78, 5) is 24.3. The molecule has 0 aromatic heterocycles. The molecule has 1 N–H and O–H groups in total. The molecule has 1 heterocycles. The minimum absolute atomic E-state index is 0.156. The summed E-state index contributed by atoms with van der Waals surface area (Å²) in [5.41, 5.74) is 1.73. The maximum atomic E-state index is 12.5. The van der Waals surface area contributed by atoms with E-state index in [1.807, 2.05) is 30.3 Å². The van der Waals surface area contributed by atoms with E-state index in [2.05, 4.69) is 12.1 Å². The molecule has 5 nitrogen and oxygen atoms in total. The van der Waals surface area contributed by atoms with E-state index >= 15 is 0 Å². The number of hydrogen-bond donors (Lipinski definition) is 1. The number of aliphatic hydroxyl groups excluding tert-OH is 1. The number of aryl methyl sites for hydroxylation is 1. The molecule has 30 heavy (non-hydrogen) atoms.